The number of alkyl halides is 1. The lowest BCUT2D eigenvalue weighted by Crippen LogP contribution is -2.20. The summed E-state index contributed by atoms with van der Waals surface area (Å²) < 4.78 is 22.5. The van der Waals surface area contributed by atoms with E-state index in [9.17, 15) is 14.0 Å². The minimum absolute atomic E-state index is 0.0807. The van der Waals surface area contributed by atoms with Crippen LogP contribution >= 0.6 is 0 Å². The highest BCUT2D eigenvalue weighted by molar-refractivity contribution is 5.96. The molecule has 2 aromatic rings. The summed E-state index contributed by atoms with van der Waals surface area (Å²) in [6.45, 7) is 4.15. The van der Waals surface area contributed by atoms with Gasteiger partial charge in [0, 0.05) is 18.4 Å². The van der Waals surface area contributed by atoms with E-state index < -0.39 is 0 Å². The van der Waals surface area contributed by atoms with Crippen LogP contribution in [0.1, 0.15) is 73.7 Å². The van der Waals surface area contributed by atoms with Crippen LogP contribution in [0.4, 0.5) is 4.39 Å². The van der Waals surface area contributed by atoms with Crippen LogP contribution in [-0.2, 0) is 11.2 Å². The Hall–Kier alpha value is -2.93. The number of hydrogen-bond acceptors (Lipinski definition) is 5. The number of amides is 1. The van der Waals surface area contributed by atoms with E-state index >= 15 is 0 Å². The Bertz CT molecular complexity index is 897. The molecule has 7 heteroatoms. The first-order valence-electron chi connectivity index (χ1n) is 13.5. The van der Waals surface area contributed by atoms with Crippen molar-refractivity contribution in [1.82, 2.24) is 4.90 Å². The van der Waals surface area contributed by atoms with Crippen molar-refractivity contribution in [3.63, 3.8) is 0 Å². The number of unbranched alkanes of at least 4 members (excludes halogenated alkanes) is 2. The number of nitrogens with zero attached hydrogens (tertiary/aromatic N) is 1. The summed E-state index contributed by atoms with van der Waals surface area (Å²) >= 11 is 0. The molecule has 0 spiro atoms. The molecule has 204 valence electrons. The smallest absolute Gasteiger partial charge is 0.217 e. The molecule has 0 unspecified atom stereocenters. The number of likely N-dealkylation sites (tertiary alicyclic amines) is 1. The topological polar surface area (TPSA) is 81.9 Å². The molecule has 1 fully saturated rings. The number of methoxy groups -OCH3 is 1. The molecule has 1 heterocycles. The third-order valence-corrected chi connectivity index (χ3v) is 6.35. The van der Waals surface area contributed by atoms with Gasteiger partial charge < -0.3 is 20.1 Å². The molecule has 0 atom stereocenters. The summed E-state index contributed by atoms with van der Waals surface area (Å²) in [6, 6.07) is 15.4. The number of nitrogens with two attached hydrogens (primary N) is 1. The van der Waals surface area contributed by atoms with Crippen LogP contribution < -0.4 is 15.2 Å². The molecule has 0 radical (unpaired) electrons. The van der Waals surface area contributed by atoms with Crippen molar-refractivity contribution in [2.24, 2.45) is 5.73 Å². The lowest BCUT2D eigenvalue weighted by atomic mass is 10.0. The zero-order chi connectivity index (χ0) is 26.7. The second-order valence-corrected chi connectivity index (χ2v) is 9.37. The first kappa shape index (κ1) is 30.3. The standard InChI is InChI=1S/C17H26FNO.C13H17NO3/c18-11-1-4-15-20-17-9-7-16(8-10-17)6-5-14-19-12-2-3-13-19;1-17-11-8-6-10(7-9-11)12(15)4-2-3-5-13(14)16/h7-10H,1-6,11-15H2;6-9H,2-5H2,1H3,(H2,14,16). The number of carbonyl (C=O) groups is 2. The molecule has 1 amide bonds. The van der Waals surface area contributed by atoms with Crippen molar-refractivity contribution in [2.75, 3.05) is 40.0 Å². The summed E-state index contributed by atoms with van der Waals surface area (Å²) in [4.78, 5) is 24.8. The van der Waals surface area contributed by atoms with Crippen LogP contribution in [0, 0.1) is 0 Å². The van der Waals surface area contributed by atoms with Crippen LogP contribution in [0.3, 0.4) is 0 Å². The van der Waals surface area contributed by atoms with Crippen molar-refractivity contribution in [3.8, 4) is 11.5 Å². The summed E-state index contributed by atoms with van der Waals surface area (Å²) in [7, 11) is 1.58. The maximum Gasteiger partial charge on any atom is 0.217 e. The zero-order valence-corrected chi connectivity index (χ0v) is 22.3. The van der Waals surface area contributed by atoms with Crippen LogP contribution in [0.2, 0.25) is 0 Å². The average Bonchev–Trinajstić information content (AvgIpc) is 3.44. The Kier molecular flexibility index (Phi) is 15.0. The number of halogens is 1. The van der Waals surface area contributed by atoms with Crippen LogP contribution in [0.5, 0.6) is 11.5 Å². The van der Waals surface area contributed by atoms with E-state index in [2.05, 4.69) is 17.0 Å². The number of Topliss-reactive ketones (excluding diaryl/α,β-unsaturated/α-hetero) is 1. The van der Waals surface area contributed by atoms with Crippen LogP contribution in [0.15, 0.2) is 48.5 Å². The van der Waals surface area contributed by atoms with Gasteiger partial charge in [-0.15, -0.1) is 0 Å². The Morgan fingerprint density at radius 1 is 0.865 bits per heavy atom. The van der Waals surface area contributed by atoms with Gasteiger partial charge in [0.15, 0.2) is 5.78 Å². The molecule has 0 saturated carbocycles. The lowest BCUT2D eigenvalue weighted by molar-refractivity contribution is -0.118. The predicted octanol–water partition coefficient (Wildman–Crippen LogP) is 5.77. The number of hydrogen-bond donors (Lipinski definition) is 1. The van der Waals surface area contributed by atoms with Crippen molar-refractivity contribution in [1.29, 1.82) is 0 Å². The highest BCUT2D eigenvalue weighted by Crippen LogP contribution is 2.16. The van der Waals surface area contributed by atoms with Crippen LogP contribution in [0.25, 0.3) is 0 Å². The number of benzene rings is 2. The van der Waals surface area contributed by atoms with E-state index in [-0.39, 0.29) is 18.4 Å². The molecule has 0 bridgehead atoms. The maximum absolute atomic E-state index is 11.9. The monoisotopic (exact) mass is 514 g/mol. The minimum Gasteiger partial charge on any atom is -0.497 e. The van der Waals surface area contributed by atoms with Crippen molar-refractivity contribution >= 4 is 11.7 Å². The van der Waals surface area contributed by atoms with Gasteiger partial charge in [-0.2, -0.15) is 0 Å². The van der Waals surface area contributed by atoms with Gasteiger partial charge in [0.2, 0.25) is 5.91 Å². The molecule has 1 aliphatic heterocycles. The largest absolute Gasteiger partial charge is 0.497 e. The lowest BCUT2D eigenvalue weighted by Gasteiger charge is -2.14. The first-order chi connectivity index (χ1) is 18.0. The van der Waals surface area contributed by atoms with Gasteiger partial charge in [0.25, 0.3) is 0 Å². The Morgan fingerprint density at radius 3 is 2.14 bits per heavy atom. The zero-order valence-electron chi connectivity index (χ0n) is 22.3. The van der Waals surface area contributed by atoms with Crippen LogP contribution in [-0.4, -0.2) is 56.6 Å². The fourth-order valence-corrected chi connectivity index (χ4v) is 4.16. The quantitative estimate of drug-likeness (QED) is 0.227. The Labute approximate surface area is 221 Å². The number of carbonyl (C=O) groups excluding carboxylic acids is 2. The molecule has 0 aromatic heterocycles. The van der Waals surface area contributed by atoms with Gasteiger partial charge in [0.05, 0.1) is 20.4 Å². The minimum atomic E-state index is -0.318. The van der Waals surface area contributed by atoms with E-state index in [1.165, 1.54) is 44.5 Å². The van der Waals surface area contributed by atoms with Crippen molar-refractivity contribution in [3.05, 3.63) is 59.7 Å². The van der Waals surface area contributed by atoms with Crippen molar-refractivity contribution < 1.29 is 23.5 Å². The van der Waals surface area contributed by atoms with E-state index in [0.717, 1.165) is 24.3 Å². The van der Waals surface area contributed by atoms with Gasteiger partial charge in [0.1, 0.15) is 11.5 Å². The van der Waals surface area contributed by atoms with Gasteiger partial charge in [-0.3, -0.25) is 14.0 Å². The Balaban J connectivity index is 0.000000264. The molecule has 6 nitrogen and oxygen atoms in total. The molecule has 2 aromatic carbocycles. The van der Waals surface area contributed by atoms with E-state index in [4.69, 9.17) is 15.2 Å². The summed E-state index contributed by atoms with van der Waals surface area (Å²) in [5, 5.41) is 0. The molecule has 2 N–H and O–H groups in total. The second-order valence-electron chi connectivity index (χ2n) is 9.37. The molecule has 1 saturated heterocycles. The summed E-state index contributed by atoms with van der Waals surface area (Å²) in [5.74, 6) is 1.39. The van der Waals surface area contributed by atoms with E-state index in [0.29, 0.717) is 44.3 Å². The van der Waals surface area contributed by atoms with Gasteiger partial charge in [-0.05, 0) is 113 Å². The van der Waals surface area contributed by atoms with Gasteiger partial charge in [-0.1, -0.05) is 12.1 Å². The number of ketones is 1. The molecule has 0 aliphatic carbocycles. The van der Waals surface area contributed by atoms with Gasteiger partial charge >= 0.3 is 0 Å². The molecule has 1 aliphatic rings. The van der Waals surface area contributed by atoms with E-state index in [1.54, 1.807) is 31.4 Å². The third-order valence-electron chi connectivity index (χ3n) is 6.35. The average molecular weight is 515 g/mol. The third kappa shape index (κ3) is 13.3. The molecule has 3 rings (SSSR count). The normalized spacial score (nSPS) is 13.0. The highest BCUT2D eigenvalue weighted by atomic mass is 19.1. The molecular weight excluding hydrogens is 471 g/mol. The summed E-state index contributed by atoms with van der Waals surface area (Å²) in [5.41, 5.74) is 7.06. The SMILES string of the molecule is COc1ccc(C(=O)CCCCC(N)=O)cc1.FCCCCOc1ccc(CCCN2CCCC2)cc1. The van der Waals surface area contributed by atoms with Gasteiger partial charge in [-0.25, -0.2) is 0 Å². The maximum atomic E-state index is 11.9. The number of primary amides is 1. The van der Waals surface area contributed by atoms with Crippen molar-refractivity contribution in [2.45, 2.75) is 64.2 Å². The number of aryl methyl sites for hydroxylation is 1. The fourth-order valence-electron chi connectivity index (χ4n) is 4.16. The fraction of sp³-hybridized carbons (Fsp3) is 0.533. The number of ether oxygens (including phenoxy) is 2. The predicted molar refractivity (Wildman–Crippen MR) is 146 cm³/mol. The molecule has 37 heavy (non-hydrogen) atoms. The molecular formula is C30H43FN2O4. The first-order valence-corrected chi connectivity index (χ1v) is 13.5. The summed E-state index contributed by atoms with van der Waals surface area (Å²) in [6.07, 6.45) is 8.63. The highest BCUT2D eigenvalue weighted by Gasteiger charge is 2.10. The Morgan fingerprint density at radius 2 is 1.51 bits per heavy atom. The number of rotatable bonds is 16. The second kappa shape index (κ2) is 18.3. The van der Waals surface area contributed by atoms with E-state index in [1.807, 2.05) is 12.1 Å².